The van der Waals surface area contributed by atoms with Gasteiger partial charge in [0.1, 0.15) is 0 Å². The van der Waals surface area contributed by atoms with Crippen molar-refractivity contribution >= 4 is 22.6 Å². The van der Waals surface area contributed by atoms with Crippen molar-refractivity contribution in [1.29, 1.82) is 0 Å². The molecule has 0 fully saturated rings. The first-order valence-corrected chi connectivity index (χ1v) is 9.74. The Bertz CT molecular complexity index is 1090. The third-order valence-electron chi connectivity index (χ3n) is 4.71. The molecular weight excluding hydrogens is 368 g/mol. The largest absolute Gasteiger partial charge is 0.290 e. The Labute approximate surface area is 168 Å². The molecule has 0 radical (unpaired) electrons. The second-order valence-electron chi connectivity index (χ2n) is 6.72. The summed E-state index contributed by atoms with van der Waals surface area (Å²) >= 11 is 0. The minimum absolute atomic E-state index is 0.0808. The van der Waals surface area contributed by atoms with Gasteiger partial charge in [-0.3, -0.25) is 25.2 Å². The van der Waals surface area contributed by atoms with Gasteiger partial charge in [0.2, 0.25) is 0 Å². The standard InChI is InChI=1S/C22H24N4O3/c1-3-5-8-15-11-13-16(14-12-15)20(27)23-24-21(28)19-17-9-6-7-10-18(17)22(29)26(4-2)25-19/h6-7,9-14H,3-5,8H2,1-2H3,(H,23,27)(H,24,28). The number of aryl methyl sites for hydroxylation is 2. The van der Waals surface area contributed by atoms with E-state index in [4.69, 9.17) is 0 Å². The molecule has 0 saturated heterocycles. The SMILES string of the molecule is CCCCc1ccc(C(=O)NNC(=O)c2nn(CC)c(=O)c3ccccc23)cc1. The highest BCUT2D eigenvalue weighted by Crippen LogP contribution is 2.13. The van der Waals surface area contributed by atoms with E-state index in [9.17, 15) is 14.4 Å². The van der Waals surface area contributed by atoms with E-state index in [0.717, 1.165) is 19.3 Å². The van der Waals surface area contributed by atoms with Crippen LogP contribution in [0.4, 0.5) is 0 Å². The molecule has 0 spiro atoms. The fourth-order valence-corrected chi connectivity index (χ4v) is 3.07. The molecule has 0 atom stereocenters. The Balaban J connectivity index is 1.75. The summed E-state index contributed by atoms with van der Waals surface area (Å²) in [5, 5.41) is 5.00. The molecule has 3 aromatic rings. The number of nitrogens with one attached hydrogen (secondary N) is 2. The first-order chi connectivity index (χ1) is 14.0. The average Bonchev–Trinajstić information content (AvgIpc) is 2.76. The van der Waals surface area contributed by atoms with Crippen molar-refractivity contribution in [2.75, 3.05) is 0 Å². The minimum Gasteiger partial charge on any atom is -0.267 e. The molecule has 0 unspecified atom stereocenters. The zero-order valence-electron chi connectivity index (χ0n) is 16.6. The summed E-state index contributed by atoms with van der Waals surface area (Å²) in [5.41, 5.74) is 6.24. The van der Waals surface area contributed by atoms with Gasteiger partial charge < -0.3 is 0 Å². The molecule has 0 aliphatic carbocycles. The number of amides is 2. The quantitative estimate of drug-likeness (QED) is 0.631. The van der Waals surface area contributed by atoms with E-state index < -0.39 is 11.8 Å². The predicted molar refractivity (Wildman–Crippen MR) is 112 cm³/mol. The number of rotatable bonds is 6. The Kier molecular flexibility index (Phi) is 6.39. The van der Waals surface area contributed by atoms with Gasteiger partial charge in [-0.05, 0) is 43.5 Å². The smallest absolute Gasteiger partial charge is 0.267 e. The Hall–Kier alpha value is -3.48. The number of hydrogen-bond acceptors (Lipinski definition) is 4. The van der Waals surface area contributed by atoms with E-state index in [1.54, 1.807) is 43.3 Å². The predicted octanol–water partition coefficient (Wildman–Crippen LogP) is 2.83. The summed E-state index contributed by atoms with van der Waals surface area (Å²) < 4.78 is 1.23. The highest BCUT2D eigenvalue weighted by atomic mass is 16.2. The maximum Gasteiger partial charge on any atom is 0.290 e. The van der Waals surface area contributed by atoms with Crippen LogP contribution in [0.3, 0.4) is 0 Å². The molecular formula is C22H24N4O3. The van der Waals surface area contributed by atoms with Gasteiger partial charge in [0.15, 0.2) is 5.69 Å². The van der Waals surface area contributed by atoms with E-state index in [0.29, 0.717) is 22.9 Å². The molecule has 0 aliphatic rings. The van der Waals surface area contributed by atoms with Gasteiger partial charge >= 0.3 is 0 Å². The van der Waals surface area contributed by atoms with Gasteiger partial charge in [0, 0.05) is 17.5 Å². The number of aromatic nitrogens is 2. The van der Waals surface area contributed by atoms with Crippen LogP contribution in [-0.4, -0.2) is 21.6 Å². The summed E-state index contributed by atoms with van der Waals surface area (Å²) in [6.45, 7) is 4.24. The van der Waals surface area contributed by atoms with Gasteiger partial charge in [0.05, 0.1) is 5.39 Å². The fourth-order valence-electron chi connectivity index (χ4n) is 3.07. The van der Waals surface area contributed by atoms with E-state index in [1.165, 1.54) is 10.2 Å². The van der Waals surface area contributed by atoms with Crippen molar-refractivity contribution in [1.82, 2.24) is 20.6 Å². The molecule has 2 aromatic carbocycles. The molecule has 1 heterocycles. The van der Waals surface area contributed by atoms with E-state index >= 15 is 0 Å². The number of carbonyl (C=O) groups is 2. The van der Waals surface area contributed by atoms with Crippen LogP contribution in [0.5, 0.6) is 0 Å². The maximum atomic E-state index is 12.6. The minimum atomic E-state index is -0.587. The van der Waals surface area contributed by atoms with Gasteiger partial charge in [-0.2, -0.15) is 5.10 Å². The number of benzene rings is 2. The molecule has 1 aromatic heterocycles. The second kappa shape index (κ2) is 9.14. The molecule has 0 bridgehead atoms. The van der Waals surface area contributed by atoms with Crippen molar-refractivity contribution in [3.63, 3.8) is 0 Å². The number of nitrogens with zero attached hydrogens (tertiary/aromatic N) is 2. The van der Waals surface area contributed by atoms with Crippen molar-refractivity contribution in [3.05, 3.63) is 75.7 Å². The van der Waals surface area contributed by atoms with Crippen molar-refractivity contribution in [3.8, 4) is 0 Å². The van der Waals surface area contributed by atoms with Crippen molar-refractivity contribution < 1.29 is 9.59 Å². The zero-order valence-corrected chi connectivity index (χ0v) is 16.6. The van der Waals surface area contributed by atoms with Gasteiger partial charge in [-0.25, -0.2) is 4.68 Å². The lowest BCUT2D eigenvalue weighted by atomic mass is 10.1. The van der Waals surface area contributed by atoms with Crippen LogP contribution in [0.1, 0.15) is 53.1 Å². The van der Waals surface area contributed by atoms with Crippen molar-refractivity contribution in [2.45, 2.75) is 39.7 Å². The molecule has 7 heteroatoms. The fraction of sp³-hybridized carbons (Fsp3) is 0.273. The maximum absolute atomic E-state index is 12.6. The van der Waals surface area contributed by atoms with Gasteiger partial charge in [-0.1, -0.05) is 43.7 Å². The van der Waals surface area contributed by atoms with Crippen LogP contribution in [0.25, 0.3) is 10.8 Å². The van der Waals surface area contributed by atoms with Crippen molar-refractivity contribution in [2.24, 2.45) is 0 Å². The highest BCUT2D eigenvalue weighted by Gasteiger charge is 2.17. The molecule has 2 N–H and O–H groups in total. The number of unbranched alkanes of at least 4 members (excludes halogenated alkanes) is 1. The number of fused-ring (bicyclic) bond motifs is 1. The third kappa shape index (κ3) is 4.51. The summed E-state index contributed by atoms with van der Waals surface area (Å²) in [4.78, 5) is 37.4. The zero-order chi connectivity index (χ0) is 20.8. The van der Waals surface area contributed by atoms with Crippen LogP contribution in [0.15, 0.2) is 53.3 Å². The molecule has 3 rings (SSSR count). The van der Waals surface area contributed by atoms with Crippen LogP contribution < -0.4 is 16.4 Å². The van der Waals surface area contributed by atoms with E-state index in [1.807, 2.05) is 12.1 Å². The van der Waals surface area contributed by atoms with E-state index in [-0.39, 0.29) is 11.3 Å². The molecule has 150 valence electrons. The lowest BCUT2D eigenvalue weighted by Gasteiger charge is -2.11. The Morgan fingerprint density at radius 3 is 2.24 bits per heavy atom. The van der Waals surface area contributed by atoms with Crippen LogP contribution in [-0.2, 0) is 13.0 Å². The summed E-state index contributed by atoms with van der Waals surface area (Å²) in [5.74, 6) is -1.01. The average molecular weight is 392 g/mol. The molecule has 2 amide bonds. The Morgan fingerprint density at radius 2 is 1.59 bits per heavy atom. The first kappa shape index (κ1) is 20.3. The lowest BCUT2D eigenvalue weighted by molar-refractivity contribution is 0.0843. The first-order valence-electron chi connectivity index (χ1n) is 9.74. The van der Waals surface area contributed by atoms with E-state index in [2.05, 4.69) is 22.9 Å². The topological polar surface area (TPSA) is 93.1 Å². The van der Waals surface area contributed by atoms with Crippen LogP contribution >= 0.6 is 0 Å². The number of carbonyl (C=O) groups excluding carboxylic acids is 2. The van der Waals surface area contributed by atoms with Gasteiger partial charge in [-0.15, -0.1) is 0 Å². The summed E-state index contributed by atoms with van der Waals surface area (Å²) in [7, 11) is 0. The molecule has 29 heavy (non-hydrogen) atoms. The van der Waals surface area contributed by atoms with Gasteiger partial charge in [0.25, 0.3) is 17.4 Å². The normalized spacial score (nSPS) is 10.7. The van der Waals surface area contributed by atoms with Crippen LogP contribution in [0, 0.1) is 0 Å². The summed E-state index contributed by atoms with van der Waals surface area (Å²) in [6.07, 6.45) is 3.19. The summed E-state index contributed by atoms with van der Waals surface area (Å²) in [6, 6.07) is 14.1. The van der Waals surface area contributed by atoms with Crippen LogP contribution in [0.2, 0.25) is 0 Å². The molecule has 0 aliphatic heterocycles. The Morgan fingerprint density at radius 1 is 0.931 bits per heavy atom. The molecule has 7 nitrogen and oxygen atoms in total. The molecule has 0 saturated carbocycles. The third-order valence-corrected chi connectivity index (χ3v) is 4.71. The second-order valence-corrected chi connectivity index (χ2v) is 6.72. The lowest BCUT2D eigenvalue weighted by Crippen LogP contribution is -2.42. The monoisotopic (exact) mass is 392 g/mol. The highest BCUT2D eigenvalue weighted by molar-refractivity contribution is 6.06. The number of hydrogen-bond donors (Lipinski definition) is 2. The number of hydrazine groups is 1.